The zero-order valence-corrected chi connectivity index (χ0v) is 15.7. The van der Waals surface area contributed by atoms with Crippen LogP contribution < -0.4 is 4.90 Å². The van der Waals surface area contributed by atoms with Gasteiger partial charge in [0, 0.05) is 36.9 Å². The number of amides is 1. The van der Waals surface area contributed by atoms with Gasteiger partial charge < -0.3 is 9.80 Å². The summed E-state index contributed by atoms with van der Waals surface area (Å²) in [5.74, 6) is 0.670. The summed E-state index contributed by atoms with van der Waals surface area (Å²) < 4.78 is 0. The summed E-state index contributed by atoms with van der Waals surface area (Å²) in [6.45, 7) is 7.53. The maximum atomic E-state index is 13.0. The fraction of sp³-hybridized carbons (Fsp3) is 0.381. The molecule has 0 unspecified atom stereocenters. The molecule has 132 valence electrons. The zero-order valence-electron chi connectivity index (χ0n) is 14.9. The van der Waals surface area contributed by atoms with E-state index < -0.39 is 0 Å². The van der Waals surface area contributed by atoms with Gasteiger partial charge in [0.05, 0.1) is 5.56 Å². The van der Waals surface area contributed by atoms with Gasteiger partial charge in [-0.25, -0.2) is 0 Å². The second-order valence-corrected chi connectivity index (χ2v) is 7.48. The van der Waals surface area contributed by atoms with Crippen molar-refractivity contribution in [2.75, 3.05) is 24.5 Å². The zero-order chi connectivity index (χ0) is 17.8. The lowest BCUT2D eigenvalue weighted by Crippen LogP contribution is -2.35. The van der Waals surface area contributed by atoms with Crippen LogP contribution in [0.3, 0.4) is 0 Å². The highest BCUT2D eigenvalue weighted by Gasteiger charge is 2.26. The first-order valence-corrected chi connectivity index (χ1v) is 9.30. The van der Waals surface area contributed by atoms with E-state index in [2.05, 4.69) is 43.0 Å². The van der Waals surface area contributed by atoms with Crippen LogP contribution in [-0.4, -0.2) is 30.4 Å². The Morgan fingerprint density at radius 3 is 2.48 bits per heavy atom. The second kappa shape index (κ2) is 7.92. The van der Waals surface area contributed by atoms with Gasteiger partial charge in [-0.3, -0.25) is 4.79 Å². The Morgan fingerprint density at radius 1 is 1.04 bits per heavy atom. The van der Waals surface area contributed by atoms with Gasteiger partial charge in [0.2, 0.25) is 0 Å². The average Bonchev–Trinajstić information content (AvgIpc) is 2.72. The quantitative estimate of drug-likeness (QED) is 0.764. The molecular weight excluding hydrogens is 332 g/mol. The first-order valence-electron chi connectivity index (χ1n) is 8.92. The van der Waals surface area contributed by atoms with E-state index in [1.807, 2.05) is 29.2 Å². The minimum absolute atomic E-state index is 0.0914. The van der Waals surface area contributed by atoms with Crippen LogP contribution in [0.15, 0.2) is 48.5 Å². The van der Waals surface area contributed by atoms with Gasteiger partial charge in [-0.15, -0.1) is 0 Å². The highest BCUT2D eigenvalue weighted by atomic mass is 35.5. The summed E-state index contributed by atoms with van der Waals surface area (Å²) >= 11 is 6.19. The molecule has 25 heavy (non-hydrogen) atoms. The van der Waals surface area contributed by atoms with Gasteiger partial charge in [-0.1, -0.05) is 55.8 Å². The number of nitrogens with zero attached hydrogens (tertiary/aromatic N) is 2. The maximum absolute atomic E-state index is 13.0. The molecule has 1 aliphatic rings. The number of hydrogen-bond acceptors (Lipinski definition) is 2. The minimum Gasteiger partial charge on any atom is -0.365 e. The molecule has 4 heteroatoms. The van der Waals surface area contributed by atoms with E-state index in [1.54, 1.807) is 0 Å². The Hall–Kier alpha value is -2.00. The number of hydrogen-bond donors (Lipinski definition) is 0. The molecule has 2 aromatic rings. The van der Waals surface area contributed by atoms with Crippen molar-refractivity contribution in [2.24, 2.45) is 5.92 Å². The molecule has 0 saturated carbocycles. The highest BCUT2D eigenvalue weighted by molar-refractivity contribution is 6.31. The number of halogens is 1. The molecule has 0 N–H and O–H groups in total. The molecule has 0 bridgehead atoms. The molecule has 0 spiro atoms. The molecule has 0 aromatic heterocycles. The van der Waals surface area contributed by atoms with Crippen molar-refractivity contribution in [3.8, 4) is 0 Å². The fourth-order valence-corrected chi connectivity index (χ4v) is 3.36. The first kappa shape index (κ1) is 17.8. The standard InChI is InChI=1S/C21H25ClN2O/c1-16(2)10-11-23-12-13-24(15-17-6-4-3-5-7-17)20-9-8-18(22)14-19(20)21(23)25/h3-9,14,16H,10-13,15H2,1-2H3. The summed E-state index contributed by atoms with van der Waals surface area (Å²) in [6, 6.07) is 16.0. The van der Waals surface area contributed by atoms with Crippen LogP contribution >= 0.6 is 11.6 Å². The van der Waals surface area contributed by atoms with E-state index in [-0.39, 0.29) is 5.91 Å². The molecule has 2 aromatic carbocycles. The SMILES string of the molecule is CC(C)CCN1CCN(Cc2ccccc2)c2ccc(Cl)cc2C1=O. The van der Waals surface area contributed by atoms with Gasteiger partial charge in [0.1, 0.15) is 0 Å². The van der Waals surface area contributed by atoms with Crippen molar-refractivity contribution in [3.63, 3.8) is 0 Å². The van der Waals surface area contributed by atoms with Crippen molar-refractivity contribution in [3.05, 3.63) is 64.7 Å². The second-order valence-electron chi connectivity index (χ2n) is 7.04. The third-order valence-corrected chi connectivity index (χ3v) is 4.88. The molecule has 3 rings (SSSR count). The molecule has 0 atom stereocenters. The monoisotopic (exact) mass is 356 g/mol. The van der Waals surface area contributed by atoms with E-state index in [1.165, 1.54) is 5.56 Å². The Kier molecular flexibility index (Phi) is 5.64. The third-order valence-electron chi connectivity index (χ3n) is 4.65. The van der Waals surface area contributed by atoms with Crippen LogP contribution in [0.2, 0.25) is 5.02 Å². The minimum atomic E-state index is 0.0914. The van der Waals surface area contributed by atoms with Crippen molar-refractivity contribution in [1.29, 1.82) is 0 Å². The molecular formula is C21H25ClN2O. The number of anilines is 1. The van der Waals surface area contributed by atoms with Crippen LogP contribution in [0.1, 0.15) is 36.2 Å². The predicted octanol–water partition coefficient (Wildman–Crippen LogP) is 4.85. The number of rotatable bonds is 5. The van der Waals surface area contributed by atoms with Crippen LogP contribution in [0.25, 0.3) is 0 Å². The lowest BCUT2D eigenvalue weighted by Gasteiger charge is -2.25. The van der Waals surface area contributed by atoms with Crippen LogP contribution in [0, 0.1) is 5.92 Å². The summed E-state index contributed by atoms with van der Waals surface area (Å²) in [7, 11) is 0. The van der Waals surface area contributed by atoms with Crippen molar-refractivity contribution < 1.29 is 4.79 Å². The van der Waals surface area contributed by atoms with Gasteiger partial charge in [-0.05, 0) is 36.1 Å². The number of fused-ring (bicyclic) bond motifs is 1. The number of carbonyl (C=O) groups excluding carboxylic acids is 1. The van der Waals surface area contributed by atoms with E-state index in [0.29, 0.717) is 16.5 Å². The summed E-state index contributed by atoms with van der Waals surface area (Å²) in [4.78, 5) is 17.3. The molecule has 0 fully saturated rings. The summed E-state index contributed by atoms with van der Waals surface area (Å²) in [6.07, 6.45) is 1.01. The highest BCUT2D eigenvalue weighted by Crippen LogP contribution is 2.29. The summed E-state index contributed by atoms with van der Waals surface area (Å²) in [5.41, 5.74) is 2.93. The first-order chi connectivity index (χ1) is 12.0. The van der Waals surface area contributed by atoms with E-state index >= 15 is 0 Å². The molecule has 0 radical (unpaired) electrons. The molecule has 1 amide bonds. The van der Waals surface area contributed by atoms with Crippen molar-refractivity contribution in [1.82, 2.24) is 4.90 Å². The Morgan fingerprint density at radius 2 is 1.76 bits per heavy atom. The van der Waals surface area contributed by atoms with Crippen molar-refractivity contribution >= 4 is 23.2 Å². The maximum Gasteiger partial charge on any atom is 0.256 e. The molecule has 1 heterocycles. The fourth-order valence-electron chi connectivity index (χ4n) is 3.18. The number of benzene rings is 2. The van der Waals surface area contributed by atoms with Gasteiger partial charge in [0.15, 0.2) is 0 Å². The van der Waals surface area contributed by atoms with E-state index in [4.69, 9.17) is 11.6 Å². The Bertz CT molecular complexity index is 730. The van der Waals surface area contributed by atoms with Gasteiger partial charge >= 0.3 is 0 Å². The lowest BCUT2D eigenvalue weighted by atomic mass is 10.1. The molecule has 1 aliphatic heterocycles. The molecule has 0 aliphatic carbocycles. The average molecular weight is 357 g/mol. The normalized spacial score (nSPS) is 14.6. The van der Waals surface area contributed by atoms with Crippen molar-refractivity contribution in [2.45, 2.75) is 26.8 Å². The van der Waals surface area contributed by atoms with Crippen LogP contribution in [0.4, 0.5) is 5.69 Å². The summed E-state index contributed by atoms with van der Waals surface area (Å²) in [5, 5.41) is 0.609. The lowest BCUT2D eigenvalue weighted by molar-refractivity contribution is 0.0759. The van der Waals surface area contributed by atoms with E-state index in [9.17, 15) is 4.79 Å². The van der Waals surface area contributed by atoms with Crippen LogP contribution in [0.5, 0.6) is 0 Å². The number of carbonyl (C=O) groups is 1. The Balaban J connectivity index is 1.90. The molecule has 3 nitrogen and oxygen atoms in total. The van der Waals surface area contributed by atoms with Gasteiger partial charge in [0.25, 0.3) is 5.91 Å². The topological polar surface area (TPSA) is 23.6 Å². The van der Waals surface area contributed by atoms with Crippen LogP contribution in [-0.2, 0) is 6.54 Å². The largest absolute Gasteiger partial charge is 0.365 e. The predicted molar refractivity (Wildman–Crippen MR) is 104 cm³/mol. The smallest absolute Gasteiger partial charge is 0.256 e. The Labute approximate surface area is 155 Å². The van der Waals surface area contributed by atoms with E-state index in [0.717, 1.165) is 38.3 Å². The van der Waals surface area contributed by atoms with Gasteiger partial charge in [-0.2, -0.15) is 0 Å². The molecule has 0 saturated heterocycles. The third kappa shape index (κ3) is 4.35.